The maximum atomic E-state index is 6.00. The van der Waals surface area contributed by atoms with Crippen LogP contribution in [0.2, 0.25) is 0 Å². The molecule has 3 rings (SSSR count). The maximum absolute atomic E-state index is 6.00. The molecule has 1 aliphatic carbocycles. The first-order chi connectivity index (χ1) is 9.58. The summed E-state index contributed by atoms with van der Waals surface area (Å²) < 4.78 is 1.94. The van der Waals surface area contributed by atoms with Gasteiger partial charge >= 0.3 is 0 Å². The van der Waals surface area contributed by atoms with Gasteiger partial charge in [0.2, 0.25) is 0 Å². The highest BCUT2D eigenvalue weighted by molar-refractivity contribution is 5.56. The molecule has 0 aliphatic heterocycles. The quantitative estimate of drug-likeness (QED) is 0.899. The summed E-state index contributed by atoms with van der Waals surface area (Å²) in [5, 5.41) is 8.22. The van der Waals surface area contributed by atoms with Crippen molar-refractivity contribution in [3.05, 3.63) is 23.0 Å². The third-order valence-electron chi connectivity index (χ3n) is 4.30. The highest BCUT2D eigenvalue weighted by Gasteiger charge is 2.23. The van der Waals surface area contributed by atoms with Gasteiger partial charge in [0.1, 0.15) is 5.82 Å². The van der Waals surface area contributed by atoms with Gasteiger partial charge in [-0.15, -0.1) is 0 Å². The van der Waals surface area contributed by atoms with E-state index in [1.54, 1.807) is 0 Å². The van der Waals surface area contributed by atoms with E-state index >= 15 is 0 Å². The van der Waals surface area contributed by atoms with Crippen molar-refractivity contribution in [2.75, 3.05) is 5.32 Å². The first kappa shape index (κ1) is 13.4. The van der Waals surface area contributed by atoms with E-state index in [0.717, 1.165) is 54.1 Å². The topological polar surface area (TPSA) is 68.2 Å². The molecule has 108 valence electrons. The van der Waals surface area contributed by atoms with Crippen LogP contribution in [0.15, 0.2) is 6.07 Å². The zero-order valence-corrected chi connectivity index (χ0v) is 12.5. The van der Waals surface area contributed by atoms with Crippen LogP contribution in [0.25, 0.3) is 5.65 Å². The lowest BCUT2D eigenvalue weighted by molar-refractivity contribution is 0.684. The number of nitrogens with one attached hydrogen (secondary N) is 1. The SMILES string of the molecule is CCc1cc(N[C@@H]2CC[C@@H](N)C2)n2nc(C)c(C)c2n1. The van der Waals surface area contributed by atoms with Crippen molar-refractivity contribution < 1.29 is 0 Å². The number of fused-ring (bicyclic) bond motifs is 1. The van der Waals surface area contributed by atoms with Gasteiger partial charge in [0.15, 0.2) is 5.65 Å². The Hall–Kier alpha value is -1.62. The summed E-state index contributed by atoms with van der Waals surface area (Å²) >= 11 is 0. The van der Waals surface area contributed by atoms with Crippen molar-refractivity contribution in [3.63, 3.8) is 0 Å². The fourth-order valence-corrected chi connectivity index (χ4v) is 2.92. The molecule has 0 bridgehead atoms. The number of hydrogen-bond donors (Lipinski definition) is 2. The lowest BCUT2D eigenvalue weighted by atomic mass is 10.2. The second-order valence-electron chi connectivity index (χ2n) is 5.85. The molecule has 0 spiro atoms. The Balaban J connectivity index is 2.02. The third kappa shape index (κ3) is 2.26. The van der Waals surface area contributed by atoms with E-state index in [1.807, 2.05) is 11.4 Å². The fraction of sp³-hybridized carbons (Fsp3) is 0.600. The van der Waals surface area contributed by atoms with E-state index in [9.17, 15) is 0 Å². The molecule has 3 N–H and O–H groups in total. The van der Waals surface area contributed by atoms with E-state index in [-0.39, 0.29) is 0 Å². The number of nitrogens with zero attached hydrogens (tertiary/aromatic N) is 3. The van der Waals surface area contributed by atoms with Crippen LogP contribution in [0.5, 0.6) is 0 Å². The first-order valence-electron chi connectivity index (χ1n) is 7.46. The van der Waals surface area contributed by atoms with Gasteiger partial charge in [-0.1, -0.05) is 6.92 Å². The van der Waals surface area contributed by atoms with Crippen LogP contribution >= 0.6 is 0 Å². The van der Waals surface area contributed by atoms with E-state index < -0.39 is 0 Å². The average Bonchev–Trinajstić information content (AvgIpc) is 2.96. The Morgan fingerprint density at radius 2 is 2.20 bits per heavy atom. The van der Waals surface area contributed by atoms with Gasteiger partial charge in [0.25, 0.3) is 0 Å². The van der Waals surface area contributed by atoms with Gasteiger partial charge in [-0.05, 0) is 39.5 Å². The van der Waals surface area contributed by atoms with Gasteiger partial charge in [0.05, 0.1) is 5.69 Å². The Bertz CT molecular complexity index is 631. The van der Waals surface area contributed by atoms with Crippen molar-refractivity contribution in [1.29, 1.82) is 0 Å². The number of hydrogen-bond acceptors (Lipinski definition) is 4. The zero-order valence-electron chi connectivity index (χ0n) is 12.5. The molecule has 1 saturated carbocycles. The Morgan fingerprint density at radius 1 is 1.40 bits per heavy atom. The minimum Gasteiger partial charge on any atom is -0.367 e. The molecule has 5 nitrogen and oxygen atoms in total. The van der Waals surface area contributed by atoms with E-state index in [2.05, 4.69) is 30.3 Å². The summed E-state index contributed by atoms with van der Waals surface area (Å²) in [7, 11) is 0. The average molecular weight is 273 g/mol. The zero-order chi connectivity index (χ0) is 14.3. The third-order valence-corrected chi connectivity index (χ3v) is 4.30. The molecule has 0 saturated heterocycles. The fourth-order valence-electron chi connectivity index (χ4n) is 2.92. The van der Waals surface area contributed by atoms with E-state index in [0.29, 0.717) is 12.1 Å². The first-order valence-corrected chi connectivity index (χ1v) is 7.46. The molecule has 2 aromatic rings. The normalized spacial score (nSPS) is 22.6. The molecule has 1 aliphatic rings. The molecule has 5 heteroatoms. The van der Waals surface area contributed by atoms with Crippen LogP contribution in [-0.2, 0) is 6.42 Å². The van der Waals surface area contributed by atoms with Gasteiger partial charge < -0.3 is 11.1 Å². The lowest BCUT2D eigenvalue weighted by Gasteiger charge is -2.15. The van der Waals surface area contributed by atoms with Crippen LogP contribution in [0, 0.1) is 13.8 Å². The standard InChI is InChI=1S/C15H23N5/c1-4-12-8-14(17-13-6-5-11(16)7-13)20-15(18-12)9(2)10(3)19-20/h8,11,13,17H,4-7,16H2,1-3H3/t11-,13-/m1/s1. The van der Waals surface area contributed by atoms with Crippen LogP contribution in [0.3, 0.4) is 0 Å². The smallest absolute Gasteiger partial charge is 0.160 e. The highest BCUT2D eigenvalue weighted by Crippen LogP contribution is 2.24. The van der Waals surface area contributed by atoms with Gasteiger partial charge in [-0.2, -0.15) is 9.61 Å². The Labute approximate surface area is 119 Å². The molecule has 2 aromatic heterocycles. The summed E-state index contributed by atoms with van der Waals surface area (Å²) in [6.45, 7) is 6.25. The molecular weight excluding hydrogens is 250 g/mol. The summed E-state index contributed by atoms with van der Waals surface area (Å²) in [6, 6.07) is 2.89. The maximum Gasteiger partial charge on any atom is 0.160 e. The van der Waals surface area contributed by atoms with Crippen LogP contribution in [-0.4, -0.2) is 26.7 Å². The summed E-state index contributed by atoms with van der Waals surface area (Å²) in [6.07, 6.45) is 4.19. The second kappa shape index (κ2) is 5.05. The predicted octanol–water partition coefficient (Wildman–Crippen LogP) is 2.20. The van der Waals surface area contributed by atoms with Crippen LogP contribution < -0.4 is 11.1 Å². The van der Waals surface area contributed by atoms with Crippen LogP contribution in [0.4, 0.5) is 5.82 Å². The van der Waals surface area contributed by atoms with Crippen molar-refractivity contribution in [1.82, 2.24) is 14.6 Å². The number of nitrogens with two attached hydrogens (primary N) is 1. The molecule has 0 radical (unpaired) electrons. The van der Waals surface area contributed by atoms with Crippen molar-refractivity contribution in [3.8, 4) is 0 Å². The number of rotatable bonds is 3. The summed E-state index contributed by atoms with van der Waals surface area (Å²) in [5.41, 5.74) is 10.3. The Morgan fingerprint density at radius 3 is 2.85 bits per heavy atom. The van der Waals surface area contributed by atoms with Crippen molar-refractivity contribution >= 4 is 11.5 Å². The lowest BCUT2D eigenvalue weighted by Crippen LogP contribution is -2.22. The molecular formula is C15H23N5. The molecule has 2 heterocycles. The molecule has 0 unspecified atom stereocenters. The highest BCUT2D eigenvalue weighted by atomic mass is 15.3. The van der Waals surface area contributed by atoms with E-state index in [1.165, 1.54) is 0 Å². The van der Waals surface area contributed by atoms with Crippen molar-refractivity contribution in [2.24, 2.45) is 5.73 Å². The van der Waals surface area contributed by atoms with Gasteiger partial charge in [-0.3, -0.25) is 0 Å². The molecule has 2 atom stereocenters. The number of aromatic nitrogens is 3. The Kier molecular flexibility index (Phi) is 3.38. The summed E-state index contributed by atoms with van der Waals surface area (Å²) in [4.78, 5) is 4.70. The molecule has 1 fully saturated rings. The molecule has 0 amide bonds. The minimum atomic E-state index is 0.330. The number of aryl methyl sites for hydroxylation is 3. The van der Waals surface area contributed by atoms with E-state index in [4.69, 9.17) is 10.7 Å². The van der Waals surface area contributed by atoms with Gasteiger partial charge in [-0.25, -0.2) is 4.98 Å². The number of anilines is 1. The largest absolute Gasteiger partial charge is 0.367 e. The van der Waals surface area contributed by atoms with Gasteiger partial charge in [0, 0.05) is 29.4 Å². The predicted molar refractivity (Wildman–Crippen MR) is 81.1 cm³/mol. The second-order valence-corrected chi connectivity index (χ2v) is 5.85. The van der Waals surface area contributed by atoms with Crippen molar-refractivity contribution in [2.45, 2.75) is 58.5 Å². The molecule has 0 aromatic carbocycles. The minimum absolute atomic E-state index is 0.330. The monoisotopic (exact) mass is 273 g/mol. The molecule has 20 heavy (non-hydrogen) atoms. The van der Waals surface area contributed by atoms with Crippen LogP contribution in [0.1, 0.15) is 43.1 Å². The summed E-state index contributed by atoms with van der Waals surface area (Å²) in [5.74, 6) is 1.04.